The van der Waals surface area contributed by atoms with Crippen molar-refractivity contribution >= 4 is 33.4 Å². The molecule has 0 aliphatic heterocycles. The fourth-order valence-electron chi connectivity index (χ4n) is 4.06. The molecule has 0 saturated heterocycles. The summed E-state index contributed by atoms with van der Waals surface area (Å²) in [6.45, 7) is 0.0982. The van der Waals surface area contributed by atoms with Crippen LogP contribution in [0.4, 0.5) is 5.69 Å². The van der Waals surface area contributed by atoms with E-state index in [1.807, 2.05) is 24.3 Å². The Bertz CT molecular complexity index is 604. The summed E-state index contributed by atoms with van der Waals surface area (Å²) in [5.41, 5.74) is 0.728. The average molecular weight is 379 g/mol. The number of nitrogens with one attached hydrogen (secondary N) is 1. The number of para-hydroxylation sites is 1. The third-order valence-corrected chi connectivity index (χ3v) is 5.97. The van der Waals surface area contributed by atoms with E-state index in [9.17, 15) is 9.59 Å². The van der Waals surface area contributed by atoms with Gasteiger partial charge in [-0.3, -0.25) is 9.59 Å². The highest BCUT2D eigenvalue weighted by Gasteiger charge is 2.40. The summed E-state index contributed by atoms with van der Waals surface area (Å²) in [6, 6.07) is 7.47. The smallest absolute Gasteiger partial charge is 0.244 e. The van der Waals surface area contributed by atoms with Crippen molar-refractivity contribution in [2.75, 3.05) is 18.9 Å². The number of amides is 2. The van der Waals surface area contributed by atoms with Crippen LogP contribution in [0.2, 0.25) is 0 Å². The van der Waals surface area contributed by atoms with Gasteiger partial charge in [0.05, 0.1) is 12.2 Å². The summed E-state index contributed by atoms with van der Waals surface area (Å²) in [4.78, 5) is 26.0. The Morgan fingerprint density at radius 2 is 2.04 bits per heavy atom. The van der Waals surface area contributed by atoms with Crippen molar-refractivity contribution < 1.29 is 9.59 Å². The molecule has 0 heterocycles. The lowest BCUT2D eigenvalue weighted by Crippen LogP contribution is -2.36. The second-order valence-electron chi connectivity index (χ2n) is 6.92. The number of rotatable bonds is 5. The molecule has 2 fully saturated rings. The molecule has 1 aromatic rings. The van der Waals surface area contributed by atoms with Crippen LogP contribution < -0.4 is 5.32 Å². The second-order valence-corrected chi connectivity index (χ2v) is 7.77. The number of likely N-dealkylation sites (N-methyl/N-ethyl adjacent to an activating group) is 1. The third-order valence-electron chi connectivity index (χ3n) is 5.28. The van der Waals surface area contributed by atoms with Gasteiger partial charge in [0, 0.05) is 17.9 Å². The third kappa shape index (κ3) is 3.94. The maximum atomic E-state index is 12.4. The summed E-state index contributed by atoms with van der Waals surface area (Å²) in [5.74, 6) is 2.05. The molecule has 2 aliphatic carbocycles. The zero-order chi connectivity index (χ0) is 16.4. The molecule has 3 rings (SSSR count). The average Bonchev–Trinajstić information content (AvgIpc) is 3.12. The van der Waals surface area contributed by atoms with E-state index >= 15 is 0 Å². The zero-order valence-corrected chi connectivity index (χ0v) is 15.0. The Morgan fingerprint density at radius 1 is 1.26 bits per heavy atom. The van der Waals surface area contributed by atoms with E-state index in [1.54, 1.807) is 11.9 Å². The maximum absolute atomic E-state index is 12.4. The van der Waals surface area contributed by atoms with Crippen LogP contribution >= 0.6 is 15.9 Å². The number of carbonyl (C=O) groups is 2. The van der Waals surface area contributed by atoms with Crippen molar-refractivity contribution in [2.45, 2.75) is 32.1 Å². The number of benzene rings is 1. The lowest BCUT2D eigenvalue weighted by atomic mass is 9.86. The van der Waals surface area contributed by atoms with Crippen LogP contribution in [0.3, 0.4) is 0 Å². The van der Waals surface area contributed by atoms with E-state index in [4.69, 9.17) is 0 Å². The number of carbonyl (C=O) groups excluding carboxylic acids is 2. The fraction of sp³-hybridized carbons (Fsp3) is 0.556. The van der Waals surface area contributed by atoms with Gasteiger partial charge in [-0.15, -0.1) is 0 Å². The van der Waals surface area contributed by atoms with E-state index in [-0.39, 0.29) is 18.4 Å². The van der Waals surface area contributed by atoms with Gasteiger partial charge in [-0.1, -0.05) is 18.6 Å². The first-order valence-electron chi connectivity index (χ1n) is 8.31. The number of hydrogen-bond donors (Lipinski definition) is 1. The molecule has 2 amide bonds. The summed E-state index contributed by atoms with van der Waals surface area (Å²) in [6.07, 6.45) is 5.74. The molecular weight excluding hydrogens is 356 g/mol. The molecule has 0 radical (unpaired) electrons. The number of anilines is 1. The zero-order valence-electron chi connectivity index (χ0n) is 13.4. The van der Waals surface area contributed by atoms with Gasteiger partial charge in [0.2, 0.25) is 11.8 Å². The quantitative estimate of drug-likeness (QED) is 0.849. The largest absolute Gasteiger partial charge is 0.336 e. The van der Waals surface area contributed by atoms with Crippen LogP contribution in [-0.4, -0.2) is 30.3 Å². The summed E-state index contributed by atoms with van der Waals surface area (Å²) in [5, 5.41) is 2.84. The first kappa shape index (κ1) is 16.5. The van der Waals surface area contributed by atoms with Crippen molar-refractivity contribution in [2.24, 2.45) is 17.8 Å². The summed E-state index contributed by atoms with van der Waals surface area (Å²) in [7, 11) is 1.72. The molecule has 2 saturated carbocycles. The Morgan fingerprint density at radius 3 is 2.70 bits per heavy atom. The van der Waals surface area contributed by atoms with Gasteiger partial charge in [0.25, 0.3) is 0 Å². The van der Waals surface area contributed by atoms with E-state index in [1.165, 1.54) is 25.7 Å². The van der Waals surface area contributed by atoms with Gasteiger partial charge in [0.1, 0.15) is 0 Å². The standard InChI is InChI=1S/C18H23BrN2O2/c1-21(11-17(22)20-16-5-3-2-4-15(16)19)18(23)10-14-9-12-6-7-13(14)8-12/h2-5,12-14H,6-11H2,1H3,(H,20,22)/t12-,13-,14+/m1/s1. The minimum atomic E-state index is -0.166. The first-order valence-corrected chi connectivity index (χ1v) is 9.10. The minimum Gasteiger partial charge on any atom is -0.336 e. The van der Waals surface area contributed by atoms with Crippen LogP contribution in [0.25, 0.3) is 0 Å². The predicted molar refractivity (Wildman–Crippen MR) is 94.0 cm³/mol. The number of halogens is 1. The molecular formula is C18H23BrN2O2. The van der Waals surface area contributed by atoms with Gasteiger partial charge in [-0.25, -0.2) is 0 Å². The van der Waals surface area contributed by atoms with Crippen molar-refractivity contribution in [1.29, 1.82) is 0 Å². The van der Waals surface area contributed by atoms with Gasteiger partial charge in [-0.2, -0.15) is 0 Å². The Balaban J connectivity index is 1.48. The molecule has 4 nitrogen and oxygen atoms in total. The highest BCUT2D eigenvalue weighted by Crippen LogP contribution is 2.49. The van der Waals surface area contributed by atoms with Crippen LogP contribution in [0.5, 0.6) is 0 Å². The van der Waals surface area contributed by atoms with Crippen LogP contribution in [0, 0.1) is 17.8 Å². The highest BCUT2D eigenvalue weighted by molar-refractivity contribution is 9.10. The Hall–Kier alpha value is -1.36. The first-order chi connectivity index (χ1) is 11.0. The molecule has 1 N–H and O–H groups in total. The molecule has 2 bridgehead atoms. The normalized spacial score (nSPS) is 25.4. The molecule has 0 unspecified atom stereocenters. The van der Waals surface area contributed by atoms with E-state index < -0.39 is 0 Å². The predicted octanol–water partition coefficient (Wildman–Crippen LogP) is 3.67. The van der Waals surface area contributed by atoms with Crippen molar-refractivity contribution in [3.63, 3.8) is 0 Å². The lowest BCUT2D eigenvalue weighted by Gasteiger charge is -2.24. The molecule has 3 atom stereocenters. The monoisotopic (exact) mass is 378 g/mol. The van der Waals surface area contributed by atoms with Crippen LogP contribution in [0.15, 0.2) is 28.7 Å². The van der Waals surface area contributed by atoms with Gasteiger partial charge < -0.3 is 10.2 Å². The summed E-state index contributed by atoms with van der Waals surface area (Å²) < 4.78 is 0.837. The Kier molecular flexibility index (Phi) is 5.05. The molecule has 2 aliphatic rings. The second kappa shape index (κ2) is 7.04. The fourth-order valence-corrected chi connectivity index (χ4v) is 4.45. The SMILES string of the molecule is CN(CC(=O)Nc1ccccc1Br)C(=O)C[C@@H]1C[C@@H]2CC[C@@H]1C2. The van der Waals surface area contributed by atoms with Gasteiger partial charge in [-0.05, 0) is 65.1 Å². The number of nitrogens with zero attached hydrogens (tertiary/aromatic N) is 1. The van der Waals surface area contributed by atoms with Crippen molar-refractivity contribution in [3.05, 3.63) is 28.7 Å². The molecule has 5 heteroatoms. The number of fused-ring (bicyclic) bond motifs is 2. The van der Waals surface area contributed by atoms with E-state index in [0.29, 0.717) is 12.3 Å². The van der Waals surface area contributed by atoms with Crippen molar-refractivity contribution in [1.82, 2.24) is 4.90 Å². The van der Waals surface area contributed by atoms with Crippen LogP contribution in [0.1, 0.15) is 32.1 Å². The molecule has 1 aromatic carbocycles. The highest BCUT2D eigenvalue weighted by atomic mass is 79.9. The molecule has 124 valence electrons. The molecule has 23 heavy (non-hydrogen) atoms. The molecule has 0 spiro atoms. The van der Waals surface area contributed by atoms with E-state index in [0.717, 1.165) is 22.0 Å². The van der Waals surface area contributed by atoms with Crippen LogP contribution in [-0.2, 0) is 9.59 Å². The van der Waals surface area contributed by atoms with E-state index in [2.05, 4.69) is 21.2 Å². The number of hydrogen-bond acceptors (Lipinski definition) is 2. The topological polar surface area (TPSA) is 49.4 Å². The van der Waals surface area contributed by atoms with Gasteiger partial charge in [0.15, 0.2) is 0 Å². The summed E-state index contributed by atoms with van der Waals surface area (Å²) >= 11 is 3.40. The maximum Gasteiger partial charge on any atom is 0.244 e. The Labute approximate surface area is 145 Å². The minimum absolute atomic E-state index is 0.0878. The lowest BCUT2D eigenvalue weighted by molar-refractivity contribution is -0.134. The molecule has 0 aromatic heterocycles. The van der Waals surface area contributed by atoms with Gasteiger partial charge >= 0.3 is 0 Å². The van der Waals surface area contributed by atoms with Crippen molar-refractivity contribution in [3.8, 4) is 0 Å².